The Morgan fingerprint density at radius 1 is 1.50 bits per heavy atom. The molecule has 0 fully saturated rings. The quantitative estimate of drug-likeness (QED) is 0.725. The van der Waals surface area contributed by atoms with Crippen molar-refractivity contribution in [2.24, 2.45) is 0 Å². The number of rotatable bonds is 5. The highest BCUT2D eigenvalue weighted by atomic mass is 19.1. The first kappa shape index (κ1) is 13.9. The molecule has 0 aliphatic rings. The molecule has 1 aromatic rings. The van der Waals surface area contributed by atoms with E-state index in [1.54, 1.807) is 13.8 Å². The first-order valence-electron chi connectivity index (χ1n) is 5.33. The first-order valence-corrected chi connectivity index (χ1v) is 5.33. The Bertz CT molecular complexity index is 463. The summed E-state index contributed by atoms with van der Waals surface area (Å²) in [5.41, 5.74) is -0.489. The number of pyridine rings is 1. The van der Waals surface area contributed by atoms with Gasteiger partial charge in [-0.15, -0.1) is 0 Å². The van der Waals surface area contributed by atoms with Gasteiger partial charge in [0.05, 0.1) is 6.54 Å². The number of hydrogen-bond donors (Lipinski definition) is 3. The van der Waals surface area contributed by atoms with Gasteiger partial charge in [0.2, 0.25) is 5.91 Å². The van der Waals surface area contributed by atoms with Crippen LogP contribution < -0.4 is 10.6 Å². The fourth-order valence-corrected chi connectivity index (χ4v) is 1.27. The van der Waals surface area contributed by atoms with Gasteiger partial charge < -0.3 is 15.7 Å². The van der Waals surface area contributed by atoms with Gasteiger partial charge in [-0.3, -0.25) is 4.79 Å². The van der Waals surface area contributed by atoms with Crippen molar-refractivity contribution in [3.8, 4) is 0 Å². The minimum Gasteiger partial charge on any atom is -0.478 e. The second-order valence-electron chi connectivity index (χ2n) is 3.90. The maximum atomic E-state index is 13.6. The zero-order valence-corrected chi connectivity index (χ0v) is 10.0. The number of aromatic nitrogens is 1. The molecule has 0 bridgehead atoms. The number of carboxylic acids is 1. The van der Waals surface area contributed by atoms with Crippen LogP contribution in [0.3, 0.4) is 0 Å². The molecule has 3 N–H and O–H groups in total. The van der Waals surface area contributed by atoms with E-state index < -0.39 is 17.3 Å². The smallest absolute Gasteiger partial charge is 0.338 e. The number of carboxylic acid groups (broad SMARTS) is 1. The number of carbonyl (C=O) groups excluding carboxylic acids is 1. The van der Waals surface area contributed by atoms with Crippen molar-refractivity contribution in [3.05, 3.63) is 23.6 Å². The van der Waals surface area contributed by atoms with Gasteiger partial charge in [-0.2, -0.15) is 0 Å². The lowest BCUT2D eigenvalue weighted by Crippen LogP contribution is -2.35. The summed E-state index contributed by atoms with van der Waals surface area (Å²) in [5, 5.41) is 13.8. The minimum atomic E-state index is -1.38. The van der Waals surface area contributed by atoms with Crippen molar-refractivity contribution < 1.29 is 19.1 Å². The highest BCUT2D eigenvalue weighted by Crippen LogP contribution is 2.14. The molecule has 0 atom stereocenters. The predicted molar refractivity (Wildman–Crippen MR) is 62.9 cm³/mol. The summed E-state index contributed by atoms with van der Waals surface area (Å²) >= 11 is 0. The molecule has 98 valence electrons. The molecule has 1 amide bonds. The average molecular weight is 255 g/mol. The molecule has 0 unspecified atom stereocenters. The number of aromatic carboxylic acids is 1. The number of nitrogens with zero attached hydrogens (tertiary/aromatic N) is 1. The molecule has 0 spiro atoms. The van der Waals surface area contributed by atoms with Crippen molar-refractivity contribution >= 4 is 17.7 Å². The van der Waals surface area contributed by atoms with E-state index in [4.69, 9.17) is 5.11 Å². The van der Waals surface area contributed by atoms with E-state index in [9.17, 15) is 14.0 Å². The summed E-state index contributed by atoms with van der Waals surface area (Å²) < 4.78 is 13.6. The molecule has 0 aliphatic heterocycles. The van der Waals surface area contributed by atoms with Gasteiger partial charge in [-0.05, 0) is 19.9 Å². The molecule has 1 aromatic heterocycles. The molecule has 6 nitrogen and oxygen atoms in total. The number of anilines is 1. The van der Waals surface area contributed by atoms with Gasteiger partial charge >= 0.3 is 5.97 Å². The van der Waals surface area contributed by atoms with Crippen LogP contribution >= 0.6 is 0 Å². The Labute approximate surface area is 103 Å². The summed E-state index contributed by atoms with van der Waals surface area (Å²) in [6.45, 7) is 3.41. The van der Waals surface area contributed by atoms with Crippen molar-refractivity contribution in [1.82, 2.24) is 10.3 Å². The molecule has 1 rings (SSSR count). The molecule has 0 aliphatic carbocycles. The van der Waals surface area contributed by atoms with E-state index in [1.807, 2.05) is 0 Å². The standard InChI is InChI=1S/C11H14FN3O3/c1-6(2)15-8(16)5-14-10-9(12)7(11(17)18)3-4-13-10/h3-4,6H,5H2,1-2H3,(H,13,14)(H,15,16)(H,17,18). The number of nitrogens with one attached hydrogen (secondary N) is 2. The fraction of sp³-hybridized carbons (Fsp3) is 0.364. The third kappa shape index (κ3) is 3.69. The number of halogens is 1. The molecule has 1 heterocycles. The van der Waals surface area contributed by atoms with Crippen LogP contribution in [0.5, 0.6) is 0 Å². The van der Waals surface area contributed by atoms with Crippen LogP contribution in [0.4, 0.5) is 10.2 Å². The summed E-state index contributed by atoms with van der Waals surface area (Å²) in [7, 11) is 0. The topological polar surface area (TPSA) is 91.3 Å². The van der Waals surface area contributed by atoms with Gasteiger partial charge in [0.15, 0.2) is 11.6 Å². The molecular formula is C11H14FN3O3. The van der Waals surface area contributed by atoms with E-state index in [0.717, 1.165) is 12.3 Å². The second-order valence-corrected chi connectivity index (χ2v) is 3.90. The number of amides is 1. The maximum Gasteiger partial charge on any atom is 0.338 e. The first-order chi connectivity index (χ1) is 8.41. The van der Waals surface area contributed by atoms with Crippen LogP contribution in [0, 0.1) is 5.82 Å². The molecule has 7 heteroatoms. The van der Waals surface area contributed by atoms with Crippen LogP contribution in [-0.2, 0) is 4.79 Å². The monoisotopic (exact) mass is 255 g/mol. The number of hydrogen-bond acceptors (Lipinski definition) is 4. The van der Waals surface area contributed by atoms with Gasteiger partial charge in [-0.25, -0.2) is 14.2 Å². The Morgan fingerprint density at radius 2 is 2.17 bits per heavy atom. The lowest BCUT2D eigenvalue weighted by atomic mass is 10.2. The predicted octanol–water partition coefficient (Wildman–Crippen LogP) is 0.855. The molecule has 0 saturated carbocycles. The molecule has 18 heavy (non-hydrogen) atoms. The van der Waals surface area contributed by atoms with E-state index in [2.05, 4.69) is 15.6 Å². The van der Waals surface area contributed by atoms with Crippen LogP contribution in [0.25, 0.3) is 0 Å². The van der Waals surface area contributed by atoms with Gasteiger partial charge in [0.1, 0.15) is 5.56 Å². The molecular weight excluding hydrogens is 241 g/mol. The zero-order chi connectivity index (χ0) is 13.7. The summed E-state index contributed by atoms with van der Waals surface area (Å²) in [4.78, 5) is 25.6. The maximum absolute atomic E-state index is 13.6. The van der Waals surface area contributed by atoms with E-state index in [1.165, 1.54) is 0 Å². The lowest BCUT2D eigenvalue weighted by molar-refractivity contribution is -0.119. The second kappa shape index (κ2) is 5.95. The average Bonchev–Trinajstić information content (AvgIpc) is 2.26. The summed E-state index contributed by atoms with van der Waals surface area (Å²) in [6, 6.07) is 1.03. The van der Waals surface area contributed by atoms with Crippen molar-refractivity contribution in [2.45, 2.75) is 19.9 Å². The Kier molecular flexibility index (Phi) is 4.59. The highest BCUT2D eigenvalue weighted by molar-refractivity contribution is 5.89. The van der Waals surface area contributed by atoms with Gasteiger partial charge in [-0.1, -0.05) is 0 Å². The molecule has 0 radical (unpaired) electrons. The highest BCUT2D eigenvalue weighted by Gasteiger charge is 2.15. The van der Waals surface area contributed by atoms with Gasteiger partial charge in [0, 0.05) is 12.2 Å². The Balaban J connectivity index is 2.71. The summed E-state index contributed by atoms with van der Waals surface area (Å²) in [6.07, 6.45) is 1.16. The van der Waals surface area contributed by atoms with Crippen LogP contribution in [0.2, 0.25) is 0 Å². The Morgan fingerprint density at radius 3 is 2.72 bits per heavy atom. The third-order valence-corrected chi connectivity index (χ3v) is 1.99. The third-order valence-electron chi connectivity index (χ3n) is 1.99. The lowest BCUT2D eigenvalue weighted by Gasteiger charge is -2.10. The largest absolute Gasteiger partial charge is 0.478 e. The van der Waals surface area contributed by atoms with E-state index in [-0.39, 0.29) is 24.3 Å². The van der Waals surface area contributed by atoms with Crippen molar-refractivity contribution in [1.29, 1.82) is 0 Å². The van der Waals surface area contributed by atoms with Crippen LogP contribution in [0.1, 0.15) is 24.2 Å². The van der Waals surface area contributed by atoms with Crippen LogP contribution in [-0.4, -0.2) is 34.6 Å². The van der Waals surface area contributed by atoms with Crippen LogP contribution in [0.15, 0.2) is 12.3 Å². The SMILES string of the molecule is CC(C)NC(=O)CNc1nccc(C(=O)O)c1F. The van der Waals surface area contributed by atoms with E-state index >= 15 is 0 Å². The summed E-state index contributed by atoms with van der Waals surface area (Å²) in [5.74, 6) is -2.95. The van der Waals surface area contributed by atoms with E-state index in [0.29, 0.717) is 0 Å². The zero-order valence-electron chi connectivity index (χ0n) is 10.0. The van der Waals surface area contributed by atoms with Gasteiger partial charge in [0.25, 0.3) is 0 Å². The molecule has 0 aromatic carbocycles. The fourth-order valence-electron chi connectivity index (χ4n) is 1.27. The van der Waals surface area contributed by atoms with Crippen molar-refractivity contribution in [2.75, 3.05) is 11.9 Å². The normalized spacial score (nSPS) is 10.2. The Hall–Kier alpha value is -2.18. The molecule has 0 saturated heterocycles. The van der Waals surface area contributed by atoms with Crippen molar-refractivity contribution in [3.63, 3.8) is 0 Å². The number of carbonyl (C=O) groups is 2. The minimum absolute atomic E-state index is 0.0255.